The van der Waals surface area contributed by atoms with E-state index < -0.39 is 0 Å². The standard InChI is InChI=1S/C6H14BrN/c1-6(5-7)3-2-4-8/h6H,2-5,8H2,1H3. The Morgan fingerprint density at radius 2 is 2.25 bits per heavy atom. The van der Waals surface area contributed by atoms with Crippen LogP contribution in [0.2, 0.25) is 0 Å². The van der Waals surface area contributed by atoms with E-state index in [0.717, 1.165) is 24.2 Å². The normalized spacial score (nSPS) is 13.9. The zero-order valence-electron chi connectivity index (χ0n) is 5.36. The van der Waals surface area contributed by atoms with Gasteiger partial charge in [0.05, 0.1) is 0 Å². The van der Waals surface area contributed by atoms with Crippen molar-refractivity contribution in [3.8, 4) is 0 Å². The van der Waals surface area contributed by atoms with E-state index in [9.17, 15) is 0 Å². The Hall–Kier alpha value is 0.440. The van der Waals surface area contributed by atoms with Crippen LogP contribution in [0.15, 0.2) is 0 Å². The molecule has 0 rings (SSSR count). The van der Waals surface area contributed by atoms with Crippen LogP contribution in [0.25, 0.3) is 0 Å². The molecule has 1 atom stereocenters. The summed E-state index contributed by atoms with van der Waals surface area (Å²) in [4.78, 5) is 0. The molecule has 0 aliphatic heterocycles. The van der Waals surface area contributed by atoms with E-state index >= 15 is 0 Å². The largest absolute Gasteiger partial charge is 0.330 e. The van der Waals surface area contributed by atoms with Gasteiger partial charge in [-0.3, -0.25) is 0 Å². The summed E-state index contributed by atoms with van der Waals surface area (Å²) in [5, 5.41) is 1.10. The fourth-order valence-electron chi connectivity index (χ4n) is 0.543. The smallest absolute Gasteiger partial charge is 0.00570 e. The highest BCUT2D eigenvalue weighted by molar-refractivity contribution is 9.09. The molecule has 1 unspecified atom stereocenters. The van der Waals surface area contributed by atoms with Crippen LogP contribution in [0.1, 0.15) is 19.8 Å². The number of rotatable bonds is 4. The van der Waals surface area contributed by atoms with Crippen LogP contribution < -0.4 is 5.73 Å². The Bertz CT molecular complexity index is 47.8. The first-order valence-corrected chi connectivity index (χ1v) is 4.19. The lowest BCUT2D eigenvalue weighted by atomic mass is 10.1. The monoisotopic (exact) mass is 179 g/mol. The quantitative estimate of drug-likeness (QED) is 0.655. The van der Waals surface area contributed by atoms with Crippen molar-refractivity contribution >= 4 is 15.9 Å². The molecule has 0 bridgehead atoms. The van der Waals surface area contributed by atoms with E-state index in [1.165, 1.54) is 6.42 Å². The fourth-order valence-corrected chi connectivity index (χ4v) is 0.867. The topological polar surface area (TPSA) is 26.0 Å². The van der Waals surface area contributed by atoms with Crippen molar-refractivity contribution in [1.29, 1.82) is 0 Å². The number of hydrogen-bond donors (Lipinski definition) is 1. The van der Waals surface area contributed by atoms with Crippen LogP contribution in [-0.2, 0) is 0 Å². The lowest BCUT2D eigenvalue weighted by molar-refractivity contribution is 0.572. The summed E-state index contributed by atoms with van der Waals surface area (Å²) in [6.45, 7) is 3.06. The Labute approximate surface area is 59.8 Å². The van der Waals surface area contributed by atoms with Crippen molar-refractivity contribution in [2.75, 3.05) is 11.9 Å². The third kappa shape index (κ3) is 4.60. The Kier molecular flexibility index (Phi) is 5.88. The first-order chi connectivity index (χ1) is 3.81. The molecule has 0 saturated heterocycles. The lowest BCUT2D eigenvalue weighted by Crippen LogP contribution is -2.02. The van der Waals surface area contributed by atoms with Gasteiger partial charge in [0.1, 0.15) is 0 Å². The molecule has 0 amide bonds. The van der Waals surface area contributed by atoms with Crippen LogP contribution in [0.4, 0.5) is 0 Å². The number of hydrogen-bond acceptors (Lipinski definition) is 1. The van der Waals surface area contributed by atoms with Gasteiger partial charge < -0.3 is 5.73 Å². The van der Waals surface area contributed by atoms with Crippen molar-refractivity contribution in [1.82, 2.24) is 0 Å². The van der Waals surface area contributed by atoms with E-state index in [-0.39, 0.29) is 0 Å². The summed E-state index contributed by atoms with van der Waals surface area (Å²) in [6, 6.07) is 0. The van der Waals surface area contributed by atoms with Crippen molar-refractivity contribution in [2.24, 2.45) is 11.7 Å². The molecule has 0 aliphatic rings. The van der Waals surface area contributed by atoms with Gasteiger partial charge in [0.25, 0.3) is 0 Å². The summed E-state index contributed by atoms with van der Waals surface area (Å²) >= 11 is 3.40. The SMILES string of the molecule is CC(CBr)CCCN. The molecular formula is C6H14BrN. The average Bonchev–Trinajstić information content (AvgIpc) is 1.83. The van der Waals surface area contributed by atoms with Crippen LogP contribution in [0, 0.1) is 5.92 Å². The maximum absolute atomic E-state index is 5.32. The van der Waals surface area contributed by atoms with E-state index in [4.69, 9.17) is 5.73 Å². The molecule has 0 spiro atoms. The molecule has 0 saturated carbocycles. The minimum atomic E-state index is 0.790. The van der Waals surface area contributed by atoms with E-state index in [0.29, 0.717) is 0 Å². The molecule has 0 aliphatic carbocycles. The molecule has 0 aromatic heterocycles. The van der Waals surface area contributed by atoms with Crippen LogP contribution in [0.5, 0.6) is 0 Å². The average molecular weight is 180 g/mol. The zero-order chi connectivity index (χ0) is 6.41. The van der Waals surface area contributed by atoms with E-state index in [2.05, 4.69) is 22.9 Å². The Morgan fingerprint density at radius 1 is 1.62 bits per heavy atom. The maximum atomic E-state index is 5.32. The van der Waals surface area contributed by atoms with Crippen LogP contribution >= 0.6 is 15.9 Å². The fraction of sp³-hybridized carbons (Fsp3) is 1.00. The second kappa shape index (κ2) is 5.57. The minimum absolute atomic E-state index is 0.790. The zero-order valence-corrected chi connectivity index (χ0v) is 6.95. The second-order valence-electron chi connectivity index (χ2n) is 2.19. The first-order valence-electron chi connectivity index (χ1n) is 3.07. The molecule has 0 fully saturated rings. The molecule has 2 N–H and O–H groups in total. The summed E-state index contributed by atoms with van der Waals surface area (Å²) in [5.41, 5.74) is 5.32. The van der Waals surface area contributed by atoms with Crippen molar-refractivity contribution in [3.05, 3.63) is 0 Å². The van der Waals surface area contributed by atoms with Crippen molar-refractivity contribution in [2.45, 2.75) is 19.8 Å². The molecule has 0 heterocycles. The highest BCUT2D eigenvalue weighted by Gasteiger charge is 1.95. The highest BCUT2D eigenvalue weighted by Crippen LogP contribution is 2.06. The summed E-state index contributed by atoms with van der Waals surface area (Å²) < 4.78 is 0. The summed E-state index contributed by atoms with van der Waals surface area (Å²) in [7, 11) is 0. The number of nitrogens with two attached hydrogens (primary N) is 1. The minimum Gasteiger partial charge on any atom is -0.330 e. The van der Waals surface area contributed by atoms with Gasteiger partial charge in [-0.15, -0.1) is 0 Å². The predicted octanol–water partition coefficient (Wildman–Crippen LogP) is 1.76. The second-order valence-corrected chi connectivity index (χ2v) is 2.84. The highest BCUT2D eigenvalue weighted by atomic mass is 79.9. The van der Waals surface area contributed by atoms with Gasteiger partial charge in [-0.1, -0.05) is 22.9 Å². The molecule has 2 heteroatoms. The maximum Gasteiger partial charge on any atom is 0.00570 e. The van der Waals surface area contributed by atoms with Crippen LogP contribution in [0.3, 0.4) is 0 Å². The first kappa shape index (κ1) is 8.44. The molecule has 0 aromatic carbocycles. The third-order valence-corrected chi connectivity index (χ3v) is 2.27. The van der Waals surface area contributed by atoms with Gasteiger partial charge in [-0.05, 0) is 25.3 Å². The van der Waals surface area contributed by atoms with Gasteiger partial charge in [0.2, 0.25) is 0 Å². The predicted molar refractivity (Wildman–Crippen MR) is 41.2 cm³/mol. The third-order valence-electron chi connectivity index (χ3n) is 1.16. The van der Waals surface area contributed by atoms with E-state index in [1.54, 1.807) is 0 Å². The van der Waals surface area contributed by atoms with Crippen molar-refractivity contribution < 1.29 is 0 Å². The van der Waals surface area contributed by atoms with Gasteiger partial charge in [-0.2, -0.15) is 0 Å². The van der Waals surface area contributed by atoms with Gasteiger partial charge >= 0.3 is 0 Å². The van der Waals surface area contributed by atoms with E-state index in [1.807, 2.05) is 0 Å². The molecule has 0 radical (unpaired) electrons. The summed E-state index contributed by atoms with van der Waals surface area (Å²) in [5.74, 6) is 0.790. The number of halogens is 1. The summed E-state index contributed by atoms with van der Waals surface area (Å²) in [6.07, 6.45) is 2.41. The molecule has 0 aromatic rings. The van der Waals surface area contributed by atoms with Crippen LogP contribution in [-0.4, -0.2) is 11.9 Å². The number of alkyl halides is 1. The molecule has 1 nitrogen and oxygen atoms in total. The molecule has 8 heavy (non-hydrogen) atoms. The Morgan fingerprint density at radius 3 is 2.62 bits per heavy atom. The Balaban J connectivity index is 2.86. The molecular weight excluding hydrogens is 166 g/mol. The van der Waals surface area contributed by atoms with Crippen molar-refractivity contribution in [3.63, 3.8) is 0 Å². The lowest BCUT2D eigenvalue weighted by Gasteiger charge is -2.03. The van der Waals surface area contributed by atoms with Gasteiger partial charge in [-0.25, -0.2) is 0 Å². The van der Waals surface area contributed by atoms with Gasteiger partial charge in [0, 0.05) is 5.33 Å². The van der Waals surface area contributed by atoms with Gasteiger partial charge in [0.15, 0.2) is 0 Å². The molecule has 50 valence electrons.